The summed E-state index contributed by atoms with van der Waals surface area (Å²) >= 11 is 0. The van der Waals surface area contributed by atoms with Gasteiger partial charge in [-0.2, -0.15) is 0 Å². The van der Waals surface area contributed by atoms with Crippen LogP contribution in [0.15, 0.2) is 0 Å². The van der Waals surface area contributed by atoms with Crippen LogP contribution in [0.5, 0.6) is 0 Å². The van der Waals surface area contributed by atoms with E-state index in [0.717, 1.165) is 0 Å². The zero-order valence-electron chi connectivity index (χ0n) is 15.5. The first-order valence-corrected chi connectivity index (χ1v) is 7.81. The van der Waals surface area contributed by atoms with Crippen LogP contribution >= 0.6 is 0 Å². The number of rotatable bonds is 6. The fourth-order valence-electron chi connectivity index (χ4n) is 1.91. The number of likely N-dealkylation sites (N-methyl/N-ethyl adjacent to an activating group) is 1. The molecule has 0 aliphatic heterocycles. The van der Waals surface area contributed by atoms with Gasteiger partial charge in [0.05, 0.1) is 5.92 Å². The van der Waals surface area contributed by atoms with Gasteiger partial charge in [-0.3, -0.25) is 9.59 Å². The molecule has 0 spiro atoms. The lowest BCUT2D eigenvalue weighted by Gasteiger charge is -2.29. The van der Waals surface area contributed by atoms with Gasteiger partial charge in [0.1, 0.15) is 11.1 Å². The Morgan fingerprint density at radius 3 is 1.96 bits per heavy atom. The molecule has 0 aliphatic carbocycles. The van der Waals surface area contributed by atoms with Crippen LogP contribution < -0.4 is 16.0 Å². The Labute approximate surface area is 138 Å². The van der Waals surface area contributed by atoms with E-state index in [-0.39, 0.29) is 24.3 Å². The number of carbonyl (C=O) groups excluding carboxylic acids is 3. The van der Waals surface area contributed by atoms with E-state index in [2.05, 4.69) is 16.0 Å². The van der Waals surface area contributed by atoms with Gasteiger partial charge in [-0.05, 0) is 40.5 Å². The zero-order chi connectivity index (χ0) is 18.4. The number of amides is 3. The molecule has 1 atom stereocenters. The molecule has 3 amide bonds. The molecule has 0 radical (unpaired) electrons. The van der Waals surface area contributed by atoms with Crippen LogP contribution in [-0.4, -0.2) is 42.6 Å². The Kier molecular flexibility index (Phi) is 7.54. The zero-order valence-corrected chi connectivity index (χ0v) is 15.5. The van der Waals surface area contributed by atoms with Crippen molar-refractivity contribution in [1.82, 2.24) is 16.0 Å². The number of alkyl carbamates (subject to hydrolysis) is 1. The maximum atomic E-state index is 12.4. The highest BCUT2D eigenvalue weighted by molar-refractivity contribution is 5.91. The SMILES string of the molecule is CNC(=O)C(C)(C)NC(=O)[C@@H](CNC(=O)OC(C)(C)C)C(C)C. The van der Waals surface area contributed by atoms with Crippen molar-refractivity contribution in [1.29, 1.82) is 0 Å². The molecule has 0 bridgehead atoms. The maximum absolute atomic E-state index is 12.4. The van der Waals surface area contributed by atoms with Crippen molar-refractivity contribution < 1.29 is 19.1 Å². The van der Waals surface area contributed by atoms with Gasteiger partial charge >= 0.3 is 6.09 Å². The van der Waals surface area contributed by atoms with Crippen molar-refractivity contribution in [2.75, 3.05) is 13.6 Å². The molecule has 0 aromatic rings. The topological polar surface area (TPSA) is 96.5 Å². The monoisotopic (exact) mass is 329 g/mol. The van der Waals surface area contributed by atoms with Crippen molar-refractivity contribution in [3.63, 3.8) is 0 Å². The minimum Gasteiger partial charge on any atom is -0.444 e. The number of ether oxygens (including phenoxy) is 1. The van der Waals surface area contributed by atoms with Gasteiger partial charge in [0, 0.05) is 13.6 Å². The molecule has 0 aromatic heterocycles. The summed E-state index contributed by atoms with van der Waals surface area (Å²) in [6, 6.07) is 0. The van der Waals surface area contributed by atoms with Crippen LogP contribution in [0.25, 0.3) is 0 Å². The quantitative estimate of drug-likeness (QED) is 0.687. The van der Waals surface area contributed by atoms with Gasteiger partial charge in [0.2, 0.25) is 11.8 Å². The Hall–Kier alpha value is -1.79. The number of hydrogen-bond donors (Lipinski definition) is 3. The maximum Gasteiger partial charge on any atom is 0.407 e. The van der Waals surface area contributed by atoms with Crippen LogP contribution in [0.1, 0.15) is 48.5 Å². The van der Waals surface area contributed by atoms with Crippen LogP contribution in [-0.2, 0) is 14.3 Å². The van der Waals surface area contributed by atoms with E-state index in [1.807, 2.05) is 13.8 Å². The Balaban J connectivity index is 4.77. The second-order valence-corrected chi connectivity index (χ2v) is 7.43. The van der Waals surface area contributed by atoms with E-state index in [0.29, 0.717) is 0 Å². The third kappa shape index (κ3) is 7.85. The molecule has 0 fully saturated rings. The summed E-state index contributed by atoms with van der Waals surface area (Å²) in [4.78, 5) is 35.9. The average molecular weight is 329 g/mol. The van der Waals surface area contributed by atoms with Crippen LogP contribution in [0, 0.1) is 11.8 Å². The molecule has 134 valence electrons. The smallest absolute Gasteiger partial charge is 0.407 e. The molecule has 0 saturated heterocycles. The van der Waals surface area contributed by atoms with Gasteiger partial charge in [-0.15, -0.1) is 0 Å². The second kappa shape index (κ2) is 8.17. The highest BCUT2D eigenvalue weighted by Gasteiger charge is 2.32. The molecule has 7 nitrogen and oxygen atoms in total. The van der Waals surface area contributed by atoms with Crippen LogP contribution in [0.2, 0.25) is 0 Å². The van der Waals surface area contributed by atoms with E-state index in [1.165, 1.54) is 7.05 Å². The fraction of sp³-hybridized carbons (Fsp3) is 0.812. The first-order valence-electron chi connectivity index (χ1n) is 7.81. The average Bonchev–Trinajstić information content (AvgIpc) is 2.34. The molecule has 7 heteroatoms. The van der Waals surface area contributed by atoms with E-state index >= 15 is 0 Å². The summed E-state index contributed by atoms with van der Waals surface area (Å²) in [7, 11) is 1.51. The van der Waals surface area contributed by atoms with E-state index < -0.39 is 23.2 Å². The Bertz CT molecular complexity index is 439. The summed E-state index contributed by atoms with van der Waals surface area (Å²) in [6.45, 7) is 12.5. The summed E-state index contributed by atoms with van der Waals surface area (Å²) < 4.78 is 5.16. The van der Waals surface area contributed by atoms with Gasteiger partial charge in [0.25, 0.3) is 0 Å². The Morgan fingerprint density at radius 1 is 1.04 bits per heavy atom. The summed E-state index contributed by atoms with van der Waals surface area (Å²) in [6.07, 6.45) is -0.568. The minimum atomic E-state index is -1.02. The van der Waals surface area contributed by atoms with Gasteiger partial charge in [0.15, 0.2) is 0 Å². The Morgan fingerprint density at radius 2 is 1.57 bits per heavy atom. The molecule has 0 saturated carbocycles. The normalized spacial score (nSPS) is 13.3. The lowest BCUT2D eigenvalue weighted by molar-refractivity contribution is -0.134. The molecule has 0 heterocycles. The van der Waals surface area contributed by atoms with Crippen LogP contribution in [0.3, 0.4) is 0 Å². The molecule has 0 aromatic carbocycles. The van der Waals surface area contributed by atoms with Crippen molar-refractivity contribution >= 4 is 17.9 Å². The van der Waals surface area contributed by atoms with Crippen molar-refractivity contribution in [2.45, 2.75) is 59.6 Å². The van der Waals surface area contributed by atoms with Crippen molar-refractivity contribution in [3.8, 4) is 0 Å². The first-order chi connectivity index (χ1) is 10.3. The predicted octanol–water partition coefficient (Wildman–Crippen LogP) is 1.42. The largest absolute Gasteiger partial charge is 0.444 e. The summed E-state index contributed by atoms with van der Waals surface area (Å²) in [5, 5.41) is 7.84. The molecule has 3 N–H and O–H groups in total. The highest BCUT2D eigenvalue weighted by atomic mass is 16.6. The summed E-state index contributed by atoms with van der Waals surface area (Å²) in [5.41, 5.74) is -1.62. The van der Waals surface area contributed by atoms with E-state index in [4.69, 9.17) is 4.74 Å². The van der Waals surface area contributed by atoms with E-state index in [1.54, 1.807) is 34.6 Å². The third-order valence-corrected chi connectivity index (χ3v) is 3.24. The number of nitrogens with one attached hydrogen (secondary N) is 3. The lowest BCUT2D eigenvalue weighted by atomic mass is 9.93. The van der Waals surface area contributed by atoms with Crippen molar-refractivity contribution in [3.05, 3.63) is 0 Å². The van der Waals surface area contributed by atoms with Gasteiger partial charge < -0.3 is 20.7 Å². The van der Waals surface area contributed by atoms with Crippen LogP contribution in [0.4, 0.5) is 4.79 Å². The van der Waals surface area contributed by atoms with Gasteiger partial charge in [-0.1, -0.05) is 13.8 Å². The number of carbonyl (C=O) groups is 3. The molecule has 0 aliphatic rings. The molecular weight excluding hydrogens is 298 g/mol. The minimum absolute atomic E-state index is 0.00887. The lowest BCUT2D eigenvalue weighted by Crippen LogP contribution is -2.56. The molecule has 0 unspecified atom stereocenters. The molecular formula is C16H31N3O4. The number of hydrogen-bond acceptors (Lipinski definition) is 4. The fourth-order valence-corrected chi connectivity index (χ4v) is 1.91. The van der Waals surface area contributed by atoms with Crippen molar-refractivity contribution in [2.24, 2.45) is 11.8 Å². The third-order valence-electron chi connectivity index (χ3n) is 3.24. The molecule has 23 heavy (non-hydrogen) atoms. The summed E-state index contributed by atoms with van der Waals surface area (Å²) in [5.74, 6) is -1.05. The first kappa shape index (κ1) is 21.2. The standard InChI is InChI=1S/C16H31N3O4/c1-10(2)11(9-18-14(22)23-15(3,4)5)12(20)19-16(6,7)13(21)17-8/h10-11H,9H2,1-8H3,(H,17,21)(H,18,22)(H,19,20)/t11-/m0/s1. The van der Waals surface area contributed by atoms with Gasteiger partial charge in [-0.25, -0.2) is 4.79 Å². The van der Waals surface area contributed by atoms with E-state index in [9.17, 15) is 14.4 Å². The highest BCUT2D eigenvalue weighted by Crippen LogP contribution is 2.13. The second-order valence-electron chi connectivity index (χ2n) is 7.43. The molecule has 0 rings (SSSR count). The predicted molar refractivity (Wildman–Crippen MR) is 88.9 cm³/mol.